The maximum Gasteiger partial charge on any atom is 0.404 e. The van der Waals surface area contributed by atoms with Crippen LogP contribution in [0.15, 0.2) is 28.6 Å². The summed E-state index contributed by atoms with van der Waals surface area (Å²) in [5.41, 5.74) is 0.534. The largest absolute Gasteiger partial charge is 0.465 e. The van der Waals surface area contributed by atoms with E-state index in [1.54, 1.807) is 6.07 Å². The first kappa shape index (κ1) is 25.4. The molecule has 11 nitrogen and oxygen atoms in total. The number of hydrogen-bond acceptors (Lipinski definition) is 8. The van der Waals surface area contributed by atoms with E-state index in [0.717, 1.165) is 29.9 Å². The van der Waals surface area contributed by atoms with Gasteiger partial charge in [-0.05, 0) is 30.4 Å². The normalized spacial score (nSPS) is 15.1. The highest BCUT2D eigenvalue weighted by Crippen LogP contribution is 2.40. The number of anilines is 2. The van der Waals surface area contributed by atoms with Gasteiger partial charge in [0, 0.05) is 30.3 Å². The Kier molecular flexibility index (Phi) is 7.04. The van der Waals surface area contributed by atoms with Gasteiger partial charge < -0.3 is 15.7 Å². The van der Waals surface area contributed by atoms with Crippen molar-refractivity contribution in [2.45, 2.75) is 49.8 Å². The van der Waals surface area contributed by atoms with E-state index in [1.165, 1.54) is 12.3 Å². The third-order valence-electron chi connectivity index (χ3n) is 5.47. The zero-order valence-corrected chi connectivity index (χ0v) is 21.7. The van der Waals surface area contributed by atoms with Crippen LogP contribution >= 0.6 is 22.9 Å². The molecule has 1 unspecified atom stereocenters. The molecule has 3 aromatic heterocycles. The molecular weight excluding hydrogens is 514 g/mol. The van der Waals surface area contributed by atoms with Crippen LogP contribution in [0.2, 0.25) is 5.02 Å². The summed E-state index contributed by atoms with van der Waals surface area (Å²) in [4.78, 5) is 20.1. The van der Waals surface area contributed by atoms with E-state index < -0.39 is 27.6 Å². The highest BCUT2D eigenvalue weighted by molar-refractivity contribution is 7.91. The van der Waals surface area contributed by atoms with Crippen LogP contribution in [0.5, 0.6) is 0 Å². The van der Waals surface area contributed by atoms with Crippen molar-refractivity contribution in [3.8, 4) is 10.7 Å². The van der Waals surface area contributed by atoms with Crippen molar-refractivity contribution in [2.75, 3.05) is 11.9 Å². The van der Waals surface area contributed by atoms with Gasteiger partial charge in [-0.3, -0.25) is 5.10 Å². The third-order valence-corrected chi connectivity index (χ3v) is 8.79. The van der Waals surface area contributed by atoms with Crippen molar-refractivity contribution in [3.05, 3.63) is 35.1 Å². The molecule has 3 aromatic rings. The lowest BCUT2D eigenvalue weighted by molar-refractivity contribution is 0.189. The second-order valence-electron chi connectivity index (χ2n) is 9.34. The van der Waals surface area contributed by atoms with Crippen LogP contribution in [0, 0.1) is 5.41 Å². The van der Waals surface area contributed by atoms with Gasteiger partial charge in [0.25, 0.3) is 0 Å². The molecule has 1 aliphatic rings. The van der Waals surface area contributed by atoms with E-state index in [-0.39, 0.29) is 10.8 Å². The van der Waals surface area contributed by atoms with Crippen LogP contribution in [0.3, 0.4) is 0 Å². The molecular formula is C21H26ClN7O4S2. The Morgan fingerprint density at radius 1 is 1.34 bits per heavy atom. The quantitative estimate of drug-likeness (QED) is 0.270. The number of carbonyl (C=O) groups is 1. The van der Waals surface area contributed by atoms with E-state index in [9.17, 15) is 13.2 Å². The summed E-state index contributed by atoms with van der Waals surface area (Å²) in [6.07, 6.45) is 2.51. The Morgan fingerprint density at radius 2 is 2.09 bits per heavy atom. The Hall–Kier alpha value is -2.74. The number of carboxylic acid groups (broad SMARTS) is 1. The molecule has 4 rings (SSSR count). The topological polar surface area (TPSA) is 162 Å². The minimum absolute atomic E-state index is 0.0616. The van der Waals surface area contributed by atoms with Crippen LogP contribution in [-0.4, -0.2) is 52.4 Å². The summed E-state index contributed by atoms with van der Waals surface area (Å²) < 4.78 is 28.8. The summed E-state index contributed by atoms with van der Waals surface area (Å²) in [7, 11) is -3.92. The summed E-state index contributed by atoms with van der Waals surface area (Å²) >= 11 is 7.27. The molecule has 0 radical (unpaired) electrons. The van der Waals surface area contributed by atoms with Crippen molar-refractivity contribution >= 4 is 50.7 Å². The first-order valence-electron chi connectivity index (χ1n) is 10.9. The van der Waals surface area contributed by atoms with Crippen molar-refractivity contribution in [1.82, 2.24) is 30.2 Å². The van der Waals surface area contributed by atoms with Gasteiger partial charge in [0.15, 0.2) is 17.5 Å². The van der Waals surface area contributed by atoms with E-state index in [0.29, 0.717) is 33.3 Å². The number of thiophene rings is 1. The number of H-pyrrole nitrogens is 1. The van der Waals surface area contributed by atoms with Crippen LogP contribution in [0.4, 0.5) is 16.4 Å². The molecule has 0 aliphatic heterocycles. The average molecular weight is 540 g/mol. The first-order valence-corrected chi connectivity index (χ1v) is 13.5. The molecule has 14 heteroatoms. The number of rotatable bonds is 9. The maximum absolute atomic E-state index is 13.0. The molecule has 1 fully saturated rings. The number of aromatic amines is 1. The molecule has 188 valence electrons. The Bertz CT molecular complexity index is 1330. The van der Waals surface area contributed by atoms with Crippen LogP contribution < -0.4 is 15.4 Å². The zero-order chi connectivity index (χ0) is 25.4. The average Bonchev–Trinajstić information content (AvgIpc) is 3.29. The number of nitrogens with one attached hydrogen (secondary N) is 4. The van der Waals surface area contributed by atoms with Gasteiger partial charge in [0.2, 0.25) is 10.0 Å². The summed E-state index contributed by atoms with van der Waals surface area (Å²) in [6.45, 7) is 5.41. The van der Waals surface area contributed by atoms with E-state index in [4.69, 9.17) is 16.7 Å². The van der Waals surface area contributed by atoms with Crippen LogP contribution in [-0.2, 0) is 10.0 Å². The third kappa shape index (κ3) is 6.28. The Balaban J connectivity index is 1.52. The lowest BCUT2D eigenvalue weighted by Crippen LogP contribution is -2.50. The summed E-state index contributed by atoms with van der Waals surface area (Å²) in [5.74, 6) is 1.77. The molecule has 1 atom stereocenters. The monoisotopic (exact) mass is 539 g/mol. The fraction of sp³-hybridized carbons (Fsp3) is 0.429. The van der Waals surface area contributed by atoms with Crippen LogP contribution in [0.1, 0.15) is 45.2 Å². The minimum Gasteiger partial charge on any atom is -0.465 e. The molecule has 5 N–H and O–H groups in total. The fourth-order valence-electron chi connectivity index (χ4n) is 3.24. The van der Waals surface area contributed by atoms with Gasteiger partial charge in [0.1, 0.15) is 9.23 Å². The van der Waals surface area contributed by atoms with Gasteiger partial charge in [-0.2, -0.15) is 5.10 Å². The standard InChI is InChI=1S/C21H26ClN7O4S2/c1-21(2,3)15(10-24-20(30)31)29-35(32,33)17-7-6-14(34-17)19-23-9-12(22)18(26-19)25-16-8-13(27-28-16)11-4-5-11/h6-9,11,15,24,29H,4-5,10H2,1-3H3,(H,30,31)(H2,23,25,26,27,28). The Labute approximate surface area is 211 Å². The molecule has 1 saturated carbocycles. The molecule has 1 aliphatic carbocycles. The van der Waals surface area contributed by atoms with Gasteiger partial charge in [-0.1, -0.05) is 32.4 Å². The van der Waals surface area contributed by atoms with Gasteiger partial charge in [-0.25, -0.2) is 27.9 Å². The molecule has 1 amide bonds. The fourth-order valence-corrected chi connectivity index (χ4v) is 6.09. The molecule has 35 heavy (non-hydrogen) atoms. The van der Waals surface area contributed by atoms with E-state index in [2.05, 4.69) is 35.5 Å². The van der Waals surface area contributed by atoms with Gasteiger partial charge in [-0.15, -0.1) is 11.3 Å². The molecule has 0 aromatic carbocycles. The first-order chi connectivity index (χ1) is 16.4. The molecule has 0 bridgehead atoms. The van der Waals surface area contributed by atoms with Crippen molar-refractivity contribution in [3.63, 3.8) is 0 Å². The van der Waals surface area contributed by atoms with Crippen LogP contribution in [0.25, 0.3) is 10.7 Å². The lowest BCUT2D eigenvalue weighted by atomic mass is 9.87. The number of halogens is 1. The van der Waals surface area contributed by atoms with Gasteiger partial charge >= 0.3 is 6.09 Å². The molecule has 3 heterocycles. The highest BCUT2D eigenvalue weighted by atomic mass is 35.5. The minimum atomic E-state index is -3.92. The van der Waals surface area contributed by atoms with E-state index >= 15 is 0 Å². The van der Waals surface area contributed by atoms with Crippen molar-refractivity contribution in [1.29, 1.82) is 0 Å². The van der Waals surface area contributed by atoms with Crippen molar-refractivity contribution in [2.24, 2.45) is 5.41 Å². The predicted molar refractivity (Wildman–Crippen MR) is 134 cm³/mol. The predicted octanol–water partition coefficient (Wildman–Crippen LogP) is 4.16. The number of aromatic nitrogens is 4. The highest BCUT2D eigenvalue weighted by Gasteiger charge is 2.31. The smallest absolute Gasteiger partial charge is 0.404 e. The second-order valence-corrected chi connectivity index (χ2v) is 12.8. The summed E-state index contributed by atoms with van der Waals surface area (Å²) in [5, 5.41) is 21.8. The SMILES string of the molecule is CC(C)(C)C(CNC(=O)O)NS(=O)(=O)c1ccc(-c2ncc(Cl)c(Nc3cc(C4CC4)[nH]n3)n2)s1. The molecule has 0 spiro atoms. The number of sulfonamides is 1. The lowest BCUT2D eigenvalue weighted by Gasteiger charge is -2.30. The summed E-state index contributed by atoms with van der Waals surface area (Å²) in [6, 6.07) is 4.34. The van der Waals surface area contributed by atoms with Gasteiger partial charge in [0.05, 0.1) is 11.1 Å². The van der Waals surface area contributed by atoms with Crippen molar-refractivity contribution < 1.29 is 18.3 Å². The number of amides is 1. The van der Waals surface area contributed by atoms with E-state index in [1.807, 2.05) is 26.8 Å². The number of hydrogen-bond donors (Lipinski definition) is 5. The molecule has 0 saturated heterocycles. The Morgan fingerprint density at radius 3 is 2.74 bits per heavy atom. The second kappa shape index (κ2) is 9.72. The zero-order valence-electron chi connectivity index (χ0n) is 19.3. The number of nitrogens with zero attached hydrogens (tertiary/aromatic N) is 3. The maximum atomic E-state index is 13.0.